The third-order valence-electron chi connectivity index (χ3n) is 3.10. The molecule has 0 atom stereocenters. The molecule has 108 valence electrons. The van der Waals surface area contributed by atoms with E-state index in [1.54, 1.807) is 18.5 Å². The summed E-state index contributed by atoms with van der Waals surface area (Å²) < 4.78 is 29.9. The van der Waals surface area contributed by atoms with E-state index in [1.165, 1.54) is 6.20 Å². The van der Waals surface area contributed by atoms with Crippen LogP contribution in [-0.2, 0) is 17.1 Å². The Hall–Kier alpha value is -1.34. The van der Waals surface area contributed by atoms with Crippen LogP contribution in [0.3, 0.4) is 0 Å². The molecule has 5 nitrogen and oxygen atoms in total. The third-order valence-corrected chi connectivity index (χ3v) is 4.77. The Bertz CT molecular complexity index is 723. The molecule has 2 aromatic rings. The van der Waals surface area contributed by atoms with E-state index in [1.807, 2.05) is 26.0 Å². The molecule has 0 bridgehead atoms. The number of rotatable bonds is 3. The molecule has 1 N–H and O–H groups in total. The fourth-order valence-corrected chi connectivity index (χ4v) is 3.85. The predicted molar refractivity (Wildman–Crippen MR) is 82.4 cm³/mol. The summed E-state index contributed by atoms with van der Waals surface area (Å²) >= 11 is 3.39. The highest BCUT2D eigenvalue weighted by Gasteiger charge is 2.20. The van der Waals surface area contributed by atoms with Crippen molar-refractivity contribution in [3.8, 4) is 0 Å². The second-order valence-electron chi connectivity index (χ2n) is 4.76. The van der Waals surface area contributed by atoms with Crippen LogP contribution in [-0.4, -0.2) is 18.0 Å². The first kappa shape index (κ1) is 15.1. The van der Waals surface area contributed by atoms with Gasteiger partial charge >= 0.3 is 0 Å². The number of hydrogen-bond acceptors (Lipinski definition) is 3. The van der Waals surface area contributed by atoms with Gasteiger partial charge in [0, 0.05) is 17.7 Å². The van der Waals surface area contributed by atoms with Gasteiger partial charge in [-0.3, -0.25) is 4.72 Å². The van der Waals surface area contributed by atoms with Crippen molar-refractivity contribution < 1.29 is 8.42 Å². The van der Waals surface area contributed by atoms with Gasteiger partial charge in [-0.15, -0.1) is 0 Å². The van der Waals surface area contributed by atoms with Crippen LogP contribution in [0.4, 0.5) is 5.69 Å². The number of benzene rings is 1. The minimum atomic E-state index is -3.67. The van der Waals surface area contributed by atoms with Gasteiger partial charge in [0.05, 0.1) is 5.69 Å². The lowest BCUT2D eigenvalue weighted by Crippen LogP contribution is -2.15. The van der Waals surface area contributed by atoms with Gasteiger partial charge in [0.1, 0.15) is 5.82 Å². The molecule has 1 aromatic carbocycles. The second kappa shape index (κ2) is 5.21. The molecule has 0 aliphatic heterocycles. The van der Waals surface area contributed by atoms with E-state index in [9.17, 15) is 8.42 Å². The highest BCUT2D eigenvalue weighted by atomic mass is 79.9. The monoisotopic (exact) mass is 357 g/mol. The summed E-state index contributed by atoms with van der Waals surface area (Å²) in [6.45, 7) is 5.48. The molecule has 20 heavy (non-hydrogen) atoms. The van der Waals surface area contributed by atoms with Gasteiger partial charge in [-0.1, -0.05) is 15.9 Å². The van der Waals surface area contributed by atoms with Crippen molar-refractivity contribution in [2.75, 3.05) is 4.72 Å². The maximum atomic E-state index is 12.4. The van der Waals surface area contributed by atoms with E-state index in [-0.39, 0.29) is 5.03 Å². The van der Waals surface area contributed by atoms with Crippen LogP contribution in [0.25, 0.3) is 0 Å². The van der Waals surface area contributed by atoms with Crippen molar-refractivity contribution in [2.24, 2.45) is 7.05 Å². The average molecular weight is 358 g/mol. The number of halogens is 1. The minimum absolute atomic E-state index is 0.0271. The van der Waals surface area contributed by atoms with Crippen LogP contribution in [0, 0.1) is 20.8 Å². The van der Waals surface area contributed by atoms with Crippen molar-refractivity contribution in [1.29, 1.82) is 0 Å². The lowest BCUT2D eigenvalue weighted by Gasteiger charge is -2.12. The zero-order chi connectivity index (χ0) is 15.1. The average Bonchev–Trinajstić information content (AvgIpc) is 2.65. The van der Waals surface area contributed by atoms with E-state index < -0.39 is 10.0 Å². The molecule has 1 heterocycles. The fourth-order valence-electron chi connectivity index (χ4n) is 1.91. The normalized spacial score (nSPS) is 11.7. The van der Waals surface area contributed by atoms with E-state index in [0.717, 1.165) is 15.6 Å². The topological polar surface area (TPSA) is 64.0 Å². The smallest absolute Gasteiger partial charge is 0.280 e. The quantitative estimate of drug-likeness (QED) is 0.918. The Morgan fingerprint density at radius 2 is 1.75 bits per heavy atom. The molecule has 0 spiro atoms. The molecule has 0 unspecified atom stereocenters. The van der Waals surface area contributed by atoms with E-state index >= 15 is 0 Å². The molecule has 0 saturated carbocycles. The van der Waals surface area contributed by atoms with Crippen LogP contribution in [0.1, 0.15) is 17.0 Å². The molecule has 0 saturated heterocycles. The largest absolute Gasteiger partial charge is 0.337 e. The molecule has 0 aliphatic rings. The summed E-state index contributed by atoms with van der Waals surface area (Å²) in [4.78, 5) is 4.06. The van der Waals surface area contributed by atoms with Gasteiger partial charge in [0.15, 0.2) is 5.03 Å². The van der Waals surface area contributed by atoms with Crippen LogP contribution in [0.5, 0.6) is 0 Å². The number of sulfonamides is 1. The first-order valence-corrected chi connectivity index (χ1v) is 8.28. The SMILES string of the molecule is Cc1cc(Br)cc(C)c1NS(=O)(=O)c1cn(C)c(C)n1. The van der Waals surface area contributed by atoms with Gasteiger partial charge in [0.25, 0.3) is 10.0 Å². The Kier molecular flexibility index (Phi) is 3.93. The Labute approximate surface area is 127 Å². The number of imidazole rings is 1. The van der Waals surface area contributed by atoms with E-state index in [4.69, 9.17) is 0 Å². The van der Waals surface area contributed by atoms with Crippen LogP contribution < -0.4 is 4.72 Å². The summed E-state index contributed by atoms with van der Waals surface area (Å²) in [5.41, 5.74) is 2.30. The molecular formula is C13H16BrN3O2S. The molecule has 0 fully saturated rings. The first-order chi connectivity index (χ1) is 9.20. The molecule has 2 rings (SSSR count). The molecule has 7 heteroatoms. The zero-order valence-corrected chi connectivity index (χ0v) is 14.1. The van der Waals surface area contributed by atoms with E-state index in [2.05, 4.69) is 25.6 Å². The van der Waals surface area contributed by atoms with Crippen LogP contribution in [0.2, 0.25) is 0 Å². The second-order valence-corrected chi connectivity index (χ2v) is 7.30. The molecule has 0 aliphatic carbocycles. The van der Waals surface area contributed by atoms with Crippen molar-refractivity contribution in [3.05, 3.63) is 39.8 Å². The highest BCUT2D eigenvalue weighted by Crippen LogP contribution is 2.27. The van der Waals surface area contributed by atoms with Gasteiger partial charge in [0.2, 0.25) is 0 Å². The van der Waals surface area contributed by atoms with Crippen LogP contribution >= 0.6 is 15.9 Å². The predicted octanol–water partition coefficient (Wildman–Crippen LogP) is 2.91. The number of aromatic nitrogens is 2. The summed E-state index contributed by atoms with van der Waals surface area (Å²) in [7, 11) is -1.91. The van der Waals surface area contributed by atoms with Gasteiger partial charge < -0.3 is 4.57 Å². The summed E-state index contributed by atoms with van der Waals surface area (Å²) in [5, 5.41) is 0.0271. The van der Waals surface area contributed by atoms with Gasteiger partial charge in [-0.25, -0.2) is 4.98 Å². The van der Waals surface area contributed by atoms with Gasteiger partial charge in [-0.05, 0) is 44.0 Å². The fraction of sp³-hybridized carbons (Fsp3) is 0.308. The van der Waals surface area contributed by atoms with E-state index in [0.29, 0.717) is 11.5 Å². The summed E-state index contributed by atoms with van der Waals surface area (Å²) in [6, 6.07) is 3.74. The summed E-state index contributed by atoms with van der Waals surface area (Å²) in [6.07, 6.45) is 1.50. The Balaban J connectivity index is 2.43. The molecular weight excluding hydrogens is 342 g/mol. The first-order valence-electron chi connectivity index (χ1n) is 6.00. The Morgan fingerprint density at radius 3 is 2.20 bits per heavy atom. The van der Waals surface area contributed by atoms with Crippen molar-refractivity contribution in [2.45, 2.75) is 25.8 Å². The molecule has 0 radical (unpaired) electrons. The van der Waals surface area contributed by atoms with Crippen molar-refractivity contribution in [3.63, 3.8) is 0 Å². The minimum Gasteiger partial charge on any atom is -0.337 e. The number of anilines is 1. The third kappa shape index (κ3) is 2.88. The summed E-state index contributed by atoms with van der Waals surface area (Å²) in [5.74, 6) is 0.648. The lowest BCUT2D eigenvalue weighted by molar-refractivity contribution is 0.598. The molecule has 0 amide bonds. The van der Waals surface area contributed by atoms with Crippen LogP contribution in [0.15, 0.2) is 27.8 Å². The van der Waals surface area contributed by atoms with Gasteiger partial charge in [-0.2, -0.15) is 8.42 Å². The van der Waals surface area contributed by atoms with Crippen molar-refractivity contribution >= 4 is 31.6 Å². The highest BCUT2D eigenvalue weighted by molar-refractivity contribution is 9.10. The molecule has 1 aromatic heterocycles. The van der Waals surface area contributed by atoms with Crippen molar-refractivity contribution in [1.82, 2.24) is 9.55 Å². The maximum absolute atomic E-state index is 12.4. The zero-order valence-electron chi connectivity index (χ0n) is 11.7. The lowest BCUT2D eigenvalue weighted by atomic mass is 10.1. The maximum Gasteiger partial charge on any atom is 0.280 e. The number of hydrogen-bond donors (Lipinski definition) is 1. The number of nitrogens with zero attached hydrogens (tertiary/aromatic N) is 2. The Morgan fingerprint density at radius 1 is 1.20 bits per heavy atom. The number of nitrogens with one attached hydrogen (secondary N) is 1. The standard InChI is InChI=1S/C13H16BrN3O2S/c1-8-5-11(14)6-9(2)13(8)16-20(18,19)12-7-17(4)10(3)15-12/h5-7,16H,1-4H3. The number of aryl methyl sites for hydroxylation is 4.